The van der Waals surface area contributed by atoms with Gasteiger partial charge in [0.1, 0.15) is 0 Å². The van der Waals surface area contributed by atoms with Crippen LogP contribution in [-0.4, -0.2) is 27.3 Å². The summed E-state index contributed by atoms with van der Waals surface area (Å²) < 4.78 is 10.6. The first-order valence-corrected chi connectivity index (χ1v) is 7.67. The quantitative estimate of drug-likeness (QED) is 0.412. The number of hydrogen-bond donors (Lipinski definition) is 0. The van der Waals surface area contributed by atoms with Gasteiger partial charge in [-0.3, -0.25) is 9.59 Å². The van der Waals surface area contributed by atoms with Gasteiger partial charge in [-0.2, -0.15) is 0 Å². The van der Waals surface area contributed by atoms with E-state index in [4.69, 9.17) is 4.43 Å². The molecule has 0 saturated carbocycles. The van der Waals surface area contributed by atoms with Crippen molar-refractivity contribution in [3.05, 3.63) is 0 Å². The van der Waals surface area contributed by atoms with E-state index < -0.39 is 9.76 Å². The van der Waals surface area contributed by atoms with Gasteiger partial charge >= 0.3 is 11.9 Å². The number of hydrogen-bond acceptors (Lipinski definition) is 4. The molecule has 0 bridgehead atoms. The number of rotatable bonds is 6. The van der Waals surface area contributed by atoms with Crippen molar-refractivity contribution in [2.24, 2.45) is 5.92 Å². The minimum absolute atomic E-state index is 0.119. The Bertz CT molecular complexity index is 301. The Kier molecular flexibility index (Phi) is 4.88. The summed E-state index contributed by atoms with van der Waals surface area (Å²) in [4.78, 5) is 22.6. The van der Waals surface area contributed by atoms with Gasteiger partial charge in [0.25, 0.3) is 0 Å². The molecule has 4 nitrogen and oxygen atoms in total. The van der Waals surface area contributed by atoms with Crippen molar-refractivity contribution in [3.8, 4) is 0 Å². The summed E-state index contributed by atoms with van der Waals surface area (Å²) in [6.07, 6.45) is 2.06. The van der Waals surface area contributed by atoms with Gasteiger partial charge in [-0.1, -0.05) is 20.3 Å². The molecule has 1 heterocycles. The third-order valence-corrected chi connectivity index (χ3v) is 6.06. The topological polar surface area (TPSA) is 52.6 Å². The first-order valence-electron chi connectivity index (χ1n) is 6.28. The zero-order valence-corrected chi connectivity index (χ0v) is 12.5. The summed E-state index contributed by atoms with van der Waals surface area (Å²) in [5.41, 5.74) is 0.0892. The molecule has 2 unspecified atom stereocenters. The fraction of sp³-hybridized carbons (Fsp3) is 0.833. The third kappa shape index (κ3) is 3.92. The average Bonchev–Trinajstić information content (AvgIpc) is 2.59. The molecular weight excluding hydrogens is 236 g/mol. The van der Waals surface area contributed by atoms with Crippen molar-refractivity contribution in [3.63, 3.8) is 0 Å². The van der Waals surface area contributed by atoms with Crippen LogP contribution in [0.25, 0.3) is 0 Å². The number of carbonyl (C=O) groups is 2. The molecule has 0 radical (unpaired) electrons. The van der Waals surface area contributed by atoms with Crippen LogP contribution >= 0.6 is 0 Å². The van der Waals surface area contributed by atoms with Crippen LogP contribution in [-0.2, 0) is 18.8 Å². The van der Waals surface area contributed by atoms with E-state index in [1.807, 2.05) is 6.92 Å². The lowest BCUT2D eigenvalue weighted by atomic mass is 10.0. The first kappa shape index (κ1) is 14.4. The van der Waals surface area contributed by atoms with Crippen LogP contribution in [0.5, 0.6) is 0 Å². The molecule has 0 N–H and O–H groups in total. The van der Waals surface area contributed by atoms with Crippen LogP contribution in [0.3, 0.4) is 0 Å². The Balaban J connectivity index is 2.54. The van der Waals surface area contributed by atoms with Crippen LogP contribution < -0.4 is 0 Å². The van der Waals surface area contributed by atoms with Crippen molar-refractivity contribution in [2.75, 3.05) is 0 Å². The van der Waals surface area contributed by atoms with Gasteiger partial charge < -0.3 is 9.16 Å². The molecule has 0 aromatic rings. The smallest absolute Gasteiger partial charge is 0.317 e. The zero-order chi connectivity index (χ0) is 13.1. The van der Waals surface area contributed by atoms with Crippen molar-refractivity contribution in [2.45, 2.75) is 58.1 Å². The predicted molar refractivity (Wildman–Crippen MR) is 67.2 cm³/mol. The second kappa shape index (κ2) is 5.77. The van der Waals surface area contributed by atoms with E-state index in [9.17, 15) is 9.59 Å². The molecule has 0 aromatic carbocycles. The second-order valence-electron chi connectivity index (χ2n) is 5.20. The summed E-state index contributed by atoms with van der Waals surface area (Å²) in [7, 11) is -0.827. The molecule has 0 aliphatic carbocycles. The molecule has 0 aromatic heterocycles. The molecule has 2 atom stereocenters. The van der Waals surface area contributed by atoms with E-state index in [1.54, 1.807) is 0 Å². The van der Waals surface area contributed by atoms with Crippen molar-refractivity contribution in [1.29, 1.82) is 0 Å². The lowest BCUT2D eigenvalue weighted by Crippen LogP contribution is -2.30. The zero-order valence-electron chi connectivity index (χ0n) is 11.1. The highest BCUT2D eigenvalue weighted by Gasteiger charge is 2.39. The van der Waals surface area contributed by atoms with E-state index in [0.29, 0.717) is 0 Å². The van der Waals surface area contributed by atoms with Gasteiger partial charge in [0.15, 0.2) is 9.76 Å². The number of ether oxygens (including phenoxy) is 1. The number of carbonyl (C=O) groups excluding carboxylic acids is 2. The summed E-state index contributed by atoms with van der Waals surface area (Å²) in [5.74, 6) is -0.999. The molecule has 5 heteroatoms. The van der Waals surface area contributed by atoms with Gasteiger partial charge in [-0.25, -0.2) is 0 Å². The molecule has 98 valence electrons. The monoisotopic (exact) mass is 258 g/mol. The Hall–Kier alpha value is -0.683. The molecular formula is C12H22O4Si. The molecule has 1 aliphatic rings. The minimum atomic E-state index is -0.827. The Morgan fingerprint density at radius 3 is 2.53 bits per heavy atom. The standard InChI is InChI=1S/C12H22O4Si/c1-5-9(17-16-12(3,4)6-2)8-7-10(13)15-11(8)14/h8-9H,5-7,17H2,1-4H3. The fourth-order valence-electron chi connectivity index (χ4n) is 1.80. The summed E-state index contributed by atoms with van der Waals surface area (Å²) in [5, 5.41) is 0. The van der Waals surface area contributed by atoms with Gasteiger partial charge in [-0.15, -0.1) is 0 Å². The highest BCUT2D eigenvalue weighted by Crippen LogP contribution is 2.32. The SMILES string of the molecule is CCC([SiH2]OC(C)(C)CC)C1CC(=O)OC1=O. The van der Waals surface area contributed by atoms with Crippen LogP contribution in [0.15, 0.2) is 0 Å². The molecule has 0 spiro atoms. The van der Waals surface area contributed by atoms with Gasteiger partial charge in [0.05, 0.1) is 12.3 Å². The Morgan fingerprint density at radius 2 is 2.12 bits per heavy atom. The van der Waals surface area contributed by atoms with E-state index in [2.05, 4.69) is 25.5 Å². The lowest BCUT2D eigenvalue weighted by Gasteiger charge is -2.27. The van der Waals surface area contributed by atoms with Crippen molar-refractivity contribution < 1.29 is 18.8 Å². The van der Waals surface area contributed by atoms with E-state index >= 15 is 0 Å². The van der Waals surface area contributed by atoms with Crippen molar-refractivity contribution in [1.82, 2.24) is 0 Å². The average molecular weight is 258 g/mol. The van der Waals surface area contributed by atoms with E-state index in [0.717, 1.165) is 12.8 Å². The highest BCUT2D eigenvalue weighted by molar-refractivity contribution is 6.31. The van der Waals surface area contributed by atoms with Gasteiger partial charge in [-0.05, 0) is 25.8 Å². The maximum absolute atomic E-state index is 11.5. The molecule has 1 aliphatic heterocycles. The maximum atomic E-state index is 11.5. The Labute approximate surface area is 105 Å². The molecule has 17 heavy (non-hydrogen) atoms. The first-order chi connectivity index (χ1) is 7.89. The van der Waals surface area contributed by atoms with Crippen LogP contribution in [0.1, 0.15) is 47.0 Å². The normalized spacial score (nSPS) is 23.4. The summed E-state index contributed by atoms with van der Waals surface area (Å²) in [6.45, 7) is 8.24. The molecule has 1 fully saturated rings. The highest BCUT2D eigenvalue weighted by atomic mass is 28.2. The molecule has 0 amide bonds. The lowest BCUT2D eigenvalue weighted by molar-refractivity contribution is -0.153. The minimum Gasteiger partial charge on any atom is -0.419 e. The van der Waals surface area contributed by atoms with Gasteiger partial charge in [0, 0.05) is 5.60 Å². The Morgan fingerprint density at radius 1 is 1.47 bits per heavy atom. The molecule has 1 saturated heterocycles. The summed E-state index contributed by atoms with van der Waals surface area (Å²) in [6, 6.07) is 0. The summed E-state index contributed by atoms with van der Waals surface area (Å²) >= 11 is 0. The number of cyclic esters (lactones) is 2. The number of esters is 2. The molecule has 1 rings (SSSR count). The third-order valence-electron chi connectivity index (χ3n) is 3.54. The largest absolute Gasteiger partial charge is 0.419 e. The van der Waals surface area contributed by atoms with Crippen molar-refractivity contribution >= 4 is 21.7 Å². The maximum Gasteiger partial charge on any atom is 0.317 e. The van der Waals surface area contributed by atoms with Crippen LogP contribution in [0.4, 0.5) is 0 Å². The van der Waals surface area contributed by atoms with Crippen LogP contribution in [0, 0.1) is 5.92 Å². The predicted octanol–water partition coefficient (Wildman–Crippen LogP) is 1.56. The van der Waals surface area contributed by atoms with E-state index in [1.165, 1.54) is 0 Å². The van der Waals surface area contributed by atoms with Gasteiger partial charge in [0.2, 0.25) is 0 Å². The van der Waals surface area contributed by atoms with E-state index in [-0.39, 0.29) is 35.4 Å². The van der Waals surface area contributed by atoms with Crippen LogP contribution in [0.2, 0.25) is 5.54 Å². The fourth-order valence-corrected chi connectivity index (χ4v) is 3.50. The second-order valence-corrected chi connectivity index (χ2v) is 6.87.